The molecule has 2 heterocycles. The number of aromatic nitrogens is 3. The third-order valence-electron chi connectivity index (χ3n) is 2.97. The molecule has 0 radical (unpaired) electrons. The molecule has 0 saturated heterocycles. The van der Waals surface area contributed by atoms with E-state index in [1.165, 1.54) is 10.6 Å². The highest BCUT2D eigenvalue weighted by Gasteiger charge is 2.16. The van der Waals surface area contributed by atoms with Crippen molar-refractivity contribution in [3.63, 3.8) is 0 Å². The molecule has 0 atom stereocenters. The number of hydrogen-bond acceptors (Lipinski definition) is 3. The van der Waals surface area contributed by atoms with E-state index in [1.54, 1.807) is 31.2 Å². The summed E-state index contributed by atoms with van der Waals surface area (Å²) in [6, 6.07) is 8.09. The number of aryl methyl sites for hydroxylation is 1. The van der Waals surface area contributed by atoms with Crippen LogP contribution in [0.5, 0.6) is 0 Å². The minimum absolute atomic E-state index is 0.0131. The van der Waals surface area contributed by atoms with Crippen molar-refractivity contribution in [2.45, 2.75) is 6.92 Å². The third kappa shape index (κ3) is 2.46. The Bertz CT molecular complexity index is 874. The van der Waals surface area contributed by atoms with E-state index in [4.69, 9.17) is 23.2 Å². The molecule has 0 unspecified atom stereocenters. The molecule has 2 aromatic heterocycles. The van der Waals surface area contributed by atoms with E-state index in [0.717, 1.165) is 0 Å². The van der Waals surface area contributed by atoms with Gasteiger partial charge in [-0.3, -0.25) is 0 Å². The maximum atomic E-state index is 11.4. The largest absolute Gasteiger partial charge is 0.477 e. The summed E-state index contributed by atoms with van der Waals surface area (Å²) in [7, 11) is 0. The Morgan fingerprint density at radius 1 is 1.24 bits per heavy atom. The van der Waals surface area contributed by atoms with Gasteiger partial charge in [-0.25, -0.2) is 14.3 Å². The van der Waals surface area contributed by atoms with E-state index in [0.29, 0.717) is 32.6 Å². The molecular weight excluding hydrogens is 313 g/mol. The highest BCUT2D eigenvalue weighted by Crippen LogP contribution is 2.30. The molecule has 0 aliphatic heterocycles. The van der Waals surface area contributed by atoms with Crippen LogP contribution >= 0.6 is 23.2 Å². The highest BCUT2D eigenvalue weighted by atomic mass is 35.5. The summed E-state index contributed by atoms with van der Waals surface area (Å²) in [5.41, 5.74) is 2.15. The zero-order valence-electron chi connectivity index (χ0n) is 10.8. The number of carbonyl (C=O) groups is 1. The van der Waals surface area contributed by atoms with Crippen LogP contribution in [0, 0.1) is 6.92 Å². The van der Waals surface area contributed by atoms with Gasteiger partial charge in [-0.2, -0.15) is 5.10 Å². The van der Waals surface area contributed by atoms with Gasteiger partial charge in [-0.1, -0.05) is 23.2 Å². The predicted octanol–water partition coefficient (Wildman–Crippen LogP) is 3.71. The molecule has 5 nitrogen and oxygen atoms in total. The minimum atomic E-state index is -1.09. The predicted molar refractivity (Wildman–Crippen MR) is 80.1 cm³/mol. The number of halogens is 2. The number of benzene rings is 1. The second kappa shape index (κ2) is 5.02. The Kier molecular flexibility index (Phi) is 3.31. The Balaban J connectivity index is 2.33. The lowest BCUT2D eigenvalue weighted by Crippen LogP contribution is -2.08. The zero-order valence-corrected chi connectivity index (χ0v) is 12.4. The normalized spacial score (nSPS) is 11.0. The average Bonchev–Trinajstić information content (AvgIpc) is 2.80. The first-order valence-corrected chi connectivity index (χ1v) is 6.77. The maximum Gasteiger partial charge on any atom is 0.354 e. The topological polar surface area (TPSA) is 67.5 Å². The van der Waals surface area contributed by atoms with E-state index in [2.05, 4.69) is 10.1 Å². The number of carboxylic acid groups (broad SMARTS) is 1. The number of fused-ring (bicyclic) bond motifs is 1. The van der Waals surface area contributed by atoms with Gasteiger partial charge >= 0.3 is 5.97 Å². The fraction of sp³-hybridized carbons (Fsp3) is 0.0714. The zero-order chi connectivity index (χ0) is 15.1. The fourth-order valence-corrected chi connectivity index (χ4v) is 2.46. The molecule has 1 N–H and O–H groups in total. The number of nitrogens with zero attached hydrogens (tertiary/aromatic N) is 3. The van der Waals surface area contributed by atoms with Crippen LogP contribution in [0.2, 0.25) is 10.0 Å². The number of carboxylic acids is 1. The van der Waals surface area contributed by atoms with E-state index >= 15 is 0 Å². The molecule has 21 heavy (non-hydrogen) atoms. The molecule has 7 heteroatoms. The molecule has 0 fully saturated rings. The van der Waals surface area contributed by atoms with Crippen molar-refractivity contribution in [2.75, 3.05) is 0 Å². The van der Waals surface area contributed by atoms with Crippen LogP contribution < -0.4 is 0 Å². The van der Waals surface area contributed by atoms with Gasteiger partial charge in [-0.05, 0) is 31.2 Å². The molecule has 0 aliphatic rings. The van der Waals surface area contributed by atoms with Crippen molar-refractivity contribution in [2.24, 2.45) is 0 Å². The lowest BCUT2D eigenvalue weighted by Gasteiger charge is -2.07. The smallest absolute Gasteiger partial charge is 0.354 e. The molecule has 0 spiro atoms. The summed E-state index contributed by atoms with van der Waals surface area (Å²) in [5, 5.41) is 14.4. The third-order valence-corrected chi connectivity index (χ3v) is 3.54. The Hall–Kier alpha value is -2.11. The van der Waals surface area contributed by atoms with Crippen molar-refractivity contribution < 1.29 is 9.90 Å². The minimum Gasteiger partial charge on any atom is -0.477 e. The molecule has 0 aliphatic carbocycles. The van der Waals surface area contributed by atoms with E-state index in [9.17, 15) is 9.90 Å². The fourth-order valence-electron chi connectivity index (χ4n) is 2.07. The summed E-state index contributed by atoms with van der Waals surface area (Å²) < 4.78 is 1.29. The van der Waals surface area contributed by atoms with Gasteiger partial charge in [0.15, 0.2) is 11.3 Å². The molecule has 0 bridgehead atoms. The Morgan fingerprint density at radius 3 is 2.71 bits per heavy atom. The molecule has 3 rings (SSSR count). The molecule has 3 aromatic rings. The standard InChI is InChI=1S/C14H9Cl2N3O2/c1-7-4-13-17-11(6-12(14(20)21)19(13)18-7)9-5-8(15)2-3-10(9)16/h2-6H,1H3,(H,20,21). The summed E-state index contributed by atoms with van der Waals surface area (Å²) in [6.07, 6.45) is 0. The van der Waals surface area contributed by atoms with Gasteiger partial charge in [0.2, 0.25) is 0 Å². The molecule has 106 valence electrons. The van der Waals surface area contributed by atoms with Crippen LogP contribution in [0.3, 0.4) is 0 Å². The number of rotatable bonds is 2. The van der Waals surface area contributed by atoms with E-state index in [-0.39, 0.29) is 5.69 Å². The maximum absolute atomic E-state index is 11.4. The first-order chi connectivity index (χ1) is 9.95. The van der Waals surface area contributed by atoms with Crippen molar-refractivity contribution in [1.82, 2.24) is 14.6 Å². The molecule has 0 amide bonds. The molecule has 0 saturated carbocycles. The van der Waals surface area contributed by atoms with Crippen molar-refractivity contribution >= 4 is 34.8 Å². The Labute approximate surface area is 129 Å². The number of hydrogen-bond donors (Lipinski definition) is 1. The van der Waals surface area contributed by atoms with Gasteiger partial charge in [0.25, 0.3) is 0 Å². The highest BCUT2D eigenvalue weighted by molar-refractivity contribution is 6.35. The van der Waals surface area contributed by atoms with Gasteiger partial charge in [0, 0.05) is 16.7 Å². The van der Waals surface area contributed by atoms with Crippen LogP contribution in [0.4, 0.5) is 0 Å². The quantitative estimate of drug-likeness (QED) is 0.781. The second-order valence-corrected chi connectivity index (χ2v) is 5.36. The summed E-state index contributed by atoms with van der Waals surface area (Å²) in [4.78, 5) is 15.8. The number of aromatic carboxylic acids is 1. The van der Waals surface area contributed by atoms with Gasteiger partial charge in [0.1, 0.15) is 0 Å². The van der Waals surface area contributed by atoms with Crippen LogP contribution in [0.25, 0.3) is 16.9 Å². The summed E-state index contributed by atoms with van der Waals surface area (Å²) >= 11 is 12.1. The van der Waals surface area contributed by atoms with Gasteiger partial charge in [0.05, 0.1) is 16.4 Å². The van der Waals surface area contributed by atoms with Gasteiger partial charge in [-0.15, -0.1) is 0 Å². The molecule has 1 aromatic carbocycles. The SMILES string of the molecule is Cc1cc2nc(-c3cc(Cl)ccc3Cl)cc(C(=O)O)n2n1. The first-order valence-electron chi connectivity index (χ1n) is 6.02. The van der Waals surface area contributed by atoms with Crippen LogP contribution in [-0.2, 0) is 0 Å². The molecular formula is C14H9Cl2N3O2. The van der Waals surface area contributed by atoms with Gasteiger partial charge < -0.3 is 5.11 Å². The van der Waals surface area contributed by atoms with E-state index < -0.39 is 5.97 Å². The van der Waals surface area contributed by atoms with Crippen LogP contribution in [-0.4, -0.2) is 25.7 Å². The lowest BCUT2D eigenvalue weighted by atomic mass is 10.1. The van der Waals surface area contributed by atoms with E-state index in [1.807, 2.05) is 0 Å². The van der Waals surface area contributed by atoms with Crippen molar-refractivity contribution in [3.05, 3.63) is 51.8 Å². The monoisotopic (exact) mass is 321 g/mol. The second-order valence-electron chi connectivity index (χ2n) is 4.51. The Morgan fingerprint density at radius 2 is 2.00 bits per heavy atom. The lowest BCUT2D eigenvalue weighted by molar-refractivity contribution is 0.0687. The van der Waals surface area contributed by atoms with Crippen LogP contribution in [0.15, 0.2) is 30.3 Å². The van der Waals surface area contributed by atoms with Crippen molar-refractivity contribution in [1.29, 1.82) is 0 Å². The van der Waals surface area contributed by atoms with Crippen molar-refractivity contribution in [3.8, 4) is 11.3 Å². The summed E-state index contributed by atoms with van der Waals surface area (Å²) in [6.45, 7) is 1.77. The average molecular weight is 322 g/mol. The summed E-state index contributed by atoms with van der Waals surface area (Å²) in [5.74, 6) is -1.09. The first kappa shape index (κ1) is 13.9. The van der Waals surface area contributed by atoms with Crippen LogP contribution in [0.1, 0.15) is 16.2 Å².